The number of nitrogens with one attached hydrogen (secondary N) is 1. The molecule has 0 bridgehead atoms. The molecule has 0 saturated heterocycles. The fourth-order valence-corrected chi connectivity index (χ4v) is 1.86. The average molecular weight is 197 g/mol. The van der Waals surface area contributed by atoms with Gasteiger partial charge in [-0.05, 0) is 19.1 Å². The van der Waals surface area contributed by atoms with Crippen LogP contribution in [0.5, 0.6) is 0 Å². The summed E-state index contributed by atoms with van der Waals surface area (Å²) < 4.78 is 0. The third-order valence-electron chi connectivity index (χ3n) is 2.69. The largest absolute Gasteiger partial charge is 0.338 e. The molecular weight excluding hydrogens is 186 g/mol. The van der Waals surface area contributed by atoms with Crippen molar-refractivity contribution in [2.24, 2.45) is 4.99 Å². The van der Waals surface area contributed by atoms with Gasteiger partial charge in [0.2, 0.25) is 0 Å². The van der Waals surface area contributed by atoms with E-state index in [1.54, 1.807) is 0 Å². The van der Waals surface area contributed by atoms with Gasteiger partial charge in [-0.2, -0.15) is 0 Å². The van der Waals surface area contributed by atoms with Gasteiger partial charge in [0.05, 0.1) is 11.0 Å². The summed E-state index contributed by atoms with van der Waals surface area (Å²) in [5.41, 5.74) is 4.36. The Kier molecular flexibility index (Phi) is 1.71. The van der Waals surface area contributed by atoms with Gasteiger partial charge in [-0.3, -0.25) is 4.99 Å². The van der Waals surface area contributed by atoms with Gasteiger partial charge < -0.3 is 4.98 Å². The van der Waals surface area contributed by atoms with Crippen molar-refractivity contribution in [1.29, 1.82) is 0 Å². The van der Waals surface area contributed by atoms with Crippen molar-refractivity contribution >= 4 is 22.8 Å². The fourth-order valence-electron chi connectivity index (χ4n) is 1.86. The van der Waals surface area contributed by atoms with E-state index in [0.717, 1.165) is 29.0 Å². The Morgan fingerprint density at radius 2 is 2.13 bits per heavy atom. The van der Waals surface area contributed by atoms with E-state index >= 15 is 0 Å². The van der Waals surface area contributed by atoms with E-state index in [2.05, 4.69) is 15.0 Å². The first-order valence-electron chi connectivity index (χ1n) is 5.02. The van der Waals surface area contributed by atoms with E-state index in [1.807, 2.05) is 37.4 Å². The van der Waals surface area contributed by atoms with Crippen LogP contribution >= 0.6 is 0 Å². The molecule has 0 saturated carbocycles. The van der Waals surface area contributed by atoms with Crippen LogP contribution in [-0.4, -0.2) is 16.2 Å². The number of H-pyrrole nitrogens is 1. The van der Waals surface area contributed by atoms with Crippen molar-refractivity contribution in [2.45, 2.75) is 13.3 Å². The highest BCUT2D eigenvalue weighted by atomic mass is 14.9. The Morgan fingerprint density at radius 3 is 2.87 bits per heavy atom. The molecule has 1 N–H and O–H groups in total. The fraction of sp³-hybridized carbons (Fsp3) is 0.167. The number of benzene rings is 1. The molecule has 1 aromatic heterocycles. The minimum atomic E-state index is 0.881. The van der Waals surface area contributed by atoms with Crippen LogP contribution in [0.25, 0.3) is 16.6 Å². The maximum atomic E-state index is 4.55. The van der Waals surface area contributed by atoms with Gasteiger partial charge in [0.1, 0.15) is 5.82 Å². The third-order valence-corrected chi connectivity index (χ3v) is 2.69. The van der Waals surface area contributed by atoms with Crippen LogP contribution in [0.1, 0.15) is 19.2 Å². The van der Waals surface area contributed by atoms with Crippen LogP contribution in [0.3, 0.4) is 0 Å². The molecule has 15 heavy (non-hydrogen) atoms. The maximum Gasteiger partial charge on any atom is 0.136 e. The lowest BCUT2D eigenvalue weighted by atomic mass is 10.2. The lowest BCUT2D eigenvalue weighted by Crippen LogP contribution is -1.86. The van der Waals surface area contributed by atoms with Gasteiger partial charge in [0.25, 0.3) is 0 Å². The van der Waals surface area contributed by atoms with Crippen LogP contribution in [0.2, 0.25) is 0 Å². The summed E-state index contributed by atoms with van der Waals surface area (Å²) in [6, 6.07) is 8.06. The number of para-hydroxylation sites is 2. The van der Waals surface area contributed by atoms with E-state index in [0.29, 0.717) is 0 Å². The van der Waals surface area contributed by atoms with Crippen molar-refractivity contribution in [3.05, 3.63) is 35.8 Å². The van der Waals surface area contributed by atoms with Gasteiger partial charge >= 0.3 is 0 Å². The van der Waals surface area contributed by atoms with Crippen molar-refractivity contribution in [2.75, 3.05) is 0 Å². The number of rotatable bonds is 1. The first-order valence-corrected chi connectivity index (χ1v) is 5.02. The van der Waals surface area contributed by atoms with Crippen molar-refractivity contribution in [3.63, 3.8) is 0 Å². The summed E-state index contributed by atoms with van der Waals surface area (Å²) in [4.78, 5) is 12.1. The molecule has 3 heteroatoms. The molecule has 3 nitrogen and oxygen atoms in total. The standard InChI is InChI=1S/C12H11N3/c1-8-9(6-7-13-8)12-14-10-4-2-3-5-11(10)15-12/h2-5,7H,6H2,1H3,(H,14,15). The highest BCUT2D eigenvalue weighted by molar-refractivity contribution is 5.87. The molecule has 0 aliphatic carbocycles. The van der Waals surface area contributed by atoms with E-state index in [9.17, 15) is 0 Å². The number of hydrogen-bond donors (Lipinski definition) is 1. The van der Waals surface area contributed by atoms with Crippen LogP contribution in [-0.2, 0) is 0 Å². The molecule has 0 radical (unpaired) electrons. The monoisotopic (exact) mass is 197 g/mol. The number of aliphatic imine (C=N–C) groups is 1. The number of aromatic nitrogens is 2. The average Bonchev–Trinajstić information content (AvgIpc) is 2.82. The summed E-state index contributed by atoms with van der Waals surface area (Å²) >= 11 is 0. The molecule has 0 atom stereocenters. The second kappa shape index (κ2) is 3.05. The third kappa shape index (κ3) is 1.28. The topological polar surface area (TPSA) is 41.0 Å². The summed E-state index contributed by atoms with van der Waals surface area (Å²) in [6.07, 6.45) is 2.81. The Morgan fingerprint density at radius 1 is 1.27 bits per heavy atom. The molecule has 2 aromatic rings. The minimum absolute atomic E-state index is 0.881. The maximum absolute atomic E-state index is 4.55. The predicted octanol–water partition coefficient (Wildman–Crippen LogP) is 2.77. The number of nitrogens with zero attached hydrogens (tertiary/aromatic N) is 2. The second-order valence-corrected chi connectivity index (χ2v) is 3.68. The molecule has 1 aliphatic rings. The molecule has 1 aliphatic heterocycles. The van der Waals surface area contributed by atoms with E-state index in [-0.39, 0.29) is 0 Å². The van der Waals surface area contributed by atoms with Gasteiger partial charge in [-0.15, -0.1) is 0 Å². The lowest BCUT2D eigenvalue weighted by Gasteiger charge is -1.96. The predicted molar refractivity (Wildman–Crippen MR) is 61.8 cm³/mol. The molecule has 74 valence electrons. The number of imidazole rings is 1. The summed E-state index contributed by atoms with van der Waals surface area (Å²) in [6.45, 7) is 2.02. The zero-order valence-electron chi connectivity index (χ0n) is 8.49. The highest BCUT2D eigenvalue weighted by Crippen LogP contribution is 2.25. The molecule has 0 spiro atoms. The Hall–Kier alpha value is -1.90. The number of fused-ring (bicyclic) bond motifs is 1. The molecule has 3 rings (SSSR count). The Bertz CT molecular complexity index is 542. The number of hydrogen-bond acceptors (Lipinski definition) is 2. The molecule has 0 fully saturated rings. The van der Waals surface area contributed by atoms with Gasteiger partial charge in [0.15, 0.2) is 0 Å². The summed E-state index contributed by atoms with van der Waals surface area (Å²) in [7, 11) is 0. The van der Waals surface area contributed by atoms with E-state index in [1.165, 1.54) is 5.57 Å². The first kappa shape index (κ1) is 8.41. The number of aromatic amines is 1. The lowest BCUT2D eigenvalue weighted by molar-refractivity contribution is 1.22. The summed E-state index contributed by atoms with van der Waals surface area (Å²) in [5, 5.41) is 0. The van der Waals surface area contributed by atoms with Gasteiger partial charge in [-0.25, -0.2) is 4.98 Å². The van der Waals surface area contributed by atoms with Crippen molar-refractivity contribution in [1.82, 2.24) is 9.97 Å². The zero-order valence-corrected chi connectivity index (χ0v) is 8.49. The highest BCUT2D eigenvalue weighted by Gasteiger charge is 2.12. The number of allylic oxidation sites excluding steroid dienone is 2. The molecule has 2 heterocycles. The minimum Gasteiger partial charge on any atom is -0.338 e. The molecule has 0 unspecified atom stereocenters. The van der Waals surface area contributed by atoms with Crippen LogP contribution in [0.4, 0.5) is 0 Å². The molecular formula is C12H11N3. The Labute approximate surface area is 87.6 Å². The smallest absolute Gasteiger partial charge is 0.136 e. The van der Waals surface area contributed by atoms with Crippen molar-refractivity contribution in [3.8, 4) is 0 Å². The normalized spacial score (nSPS) is 15.5. The van der Waals surface area contributed by atoms with Crippen LogP contribution in [0.15, 0.2) is 35.0 Å². The van der Waals surface area contributed by atoms with Crippen molar-refractivity contribution < 1.29 is 0 Å². The SMILES string of the molecule is CC1=C(c2nc3ccccc3[nH]2)CC=N1. The Balaban J connectivity index is 2.17. The van der Waals surface area contributed by atoms with Gasteiger partial charge in [-0.1, -0.05) is 12.1 Å². The van der Waals surface area contributed by atoms with E-state index in [4.69, 9.17) is 0 Å². The first-order chi connectivity index (χ1) is 7.34. The summed E-state index contributed by atoms with van der Waals surface area (Å²) in [5.74, 6) is 0.950. The van der Waals surface area contributed by atoms with Gasteiger partial charge in [0, 0.05) is 23.9 Å². The van der Waals surface area contributed by atoms with Crippen LogP contribution < -0.4 is 0 Å². The second-order valence-electron chi connectivity index (χ2n) is 3.68. The molecule has 1 aromatic carbocycles. The van der Waals surface area contributed by atoms with E-state index < -0.39 is 0 Å². The molecule has 0 amide bonds. The quantitative estimate of drug-likeness (QED) is 0.750. The zero-order chi connectivity index (χ0) is 10.3. The van der Waals surface area contributed by atoms with Crippen LogP contribution in [0, 0.1) is 0 Å².